The minimum absolute atomic E-state index is 0.524. The Kier molecular flexibility index (Phi) is 6.32. The zero-order valence-electron chi connectivity index (χ0n) is 13.8. The summed E-state index contributed by atoms with van der Waals surface area (Å²) in [5.41, 5.74) is 2.45. The van der Waals surface area contributed by atoms with E-state index in [1.807, 2.05) is 24.3 Å². The molecule has 2 rings (SSSR count). The fourth-order valence-electron chi connectivity index (χ4n) is 2.62. The van der Waals surface area contributed by atoms with Gasteiger partial charge in [0, 0.05) is 5.56 Å². The van der Waals surface area contributed by atoms with Crippen molar-refractivity contribution in [3.8, 4) is 11.5 Å². The van der Waals surface area contributed by atoms with E-state index in [1.165, 1.54) is 18.4 Å². The SMILES string of the molecule is CCC(CC)Cc1ccc(OCc2ccccc2OC)cc1. The molecule has 118 valence electrons. The fraction of sp³-hybridized carbons (Fsp3) is 0.400. The van der Waals surface area contributed by atoms with E-state index in [1.54, 1.807) is 7.11 Å². The highest BCUT2D eigenvalue weighted by molar-refractivity contribution is 5.34. The maximum atomic E-state index is 5.87. The highest BCUT2D eigenvalue weighted by Crippen LogP contribution is 2.22. The molecule has 2 aromatic carbocycles. The molecular formula is C20H26O2. The van der Waals surface area contributed by atoms with Crippen LogP contribution in [0.15, 0.2) is 48.5 Å². The molecule has 0 amide bonds. The van der Waals surface area contributed by atoms with Gasteiger partial charge in [-0.2, -0.15) is 0 Å². The molecular weight excluding hydrogens is 272 g/mol. The van der Waals surface area contributed by atoms with E-state index in [0.29, 0.717) is 6.61 Å². The first-order valence-electron chi connectivity index (χ1n) is 8.10. The molecule has 2 nitrogen and oxygen atoms in total. The van der Waals surface area contributed by atoms with Gasteiger partial charge in [-0.05, 0) is 36.1 Å². The summed E-state index contributed by atoms with van der Waals surface area (Å²) in [5.74, 6) is 2.55. The van der Waals surface area contributed by atoms with Gasteiger partial charge in [0.1, 0.15) is 18.1 Å². The third kappa shape index (κ3) is 4.52. The van der Waals surface area contributed by atoms with Crippen LogP contribution in [-0.2, 0) is 13.0 Å². The van der Waals surface area contributed by atoms with Gasteiger partial charge in [0.05, 0.1) is 7.11 Å². The van der Waals surface area contributed by atoms with Crippen LogP contribution >= 0.6 is 0 Å². The molecule has 0 spiro atoms. The van der Waals surface area contributed by atoms with E-state index >= 15 is 0 Å². The summed E-state index contributed by atoms with van der Waals surface area (Å²) in [4.78, 5) is 0. The normalized spacial score (nSPS) is 10.7. The van der Waals surface area contributed by atoms with Gasteiger partial charge in [0.15, 0.2) is 0 Å². The van der Waals surface area contributed by atoms with Crippen LogP contribution in [0.5, 0.6) is 11.5 Å². The molecule has 0 heterocycles. The number of methoxy groups -OCH3 is 1. The number of hydrogen-bond acceptors (Lipinski definition) is 2. The molecule has 0 aromatic heterocycles. The van der Waals surface area contributed by atoms with Crippen LogP contribution in [0, 0.1) is 5.92 Å². The molecule has 2 aromatic rings. The molecule has 0 atom stereocenters. The lowest BCUT2D eigenvalue weighted by atomic mass is 9.95. The summed E-state index contributed by atoms with van der Waals surface area (Å²) in [6.07, 6.45) is 3.63. The number of ether oxygens (including phenoxy) is 2. The molecule has 0 N–H and O–H groups in total. The van der Waals surface area contributed by atoms with Crippen molar-refractivity contribution in [3.63, 3.8) is 0 Å². The Balaban J connectivity index is 1.94. The Bertz CT molecular complexity index is 556. The molecule has 0 bridgehead atoms. The van der Waals surface area contributed by atoms with Crippen LogP contribution in [0.1, 0.15) is 37.8 Å². The van der Waals surface area contributed by atoms with E-state index in [4.69, 9.17) is 9.47 Å². The predicted octanol–water partition coefficient (Wildman–Crippen LogP) is 5.25. The number of benzene rings is 2. The van der Waals surface area contributed by atoms with Crippen molar-refractivity contribution in [1.29, 1.82) is 0 Å². The van der Waals surface area contributed by atoms with Crippen LogP contribution in [0.4, 0.5) is 0 Å². The molecule has 0 aliphatic heterocycles. The first-order valence-corrected chi connectivity index (χ1v) is 8.10. The Morgan fingerprint density at radius 3 is 2.23 bits per heavy atom. The Hall–Kier alpha value is -1.96. The van der Waals surface area contributed by atoms with Gasteiger partial charge in [0.2, 0.25) is 0 Å². The molecule has 0 radical (unpaired) electrons. The van der Waals surface area contributed by atoms with E-state index in [0.717, 1.165) is 29.4 Å². The standard InChI is InChI=1S/C20H26O2/c1-4-16(5-2)14-17-10-12-19(13-11-17)22-15-18-8-6-7-9-20(18)21-3/h6-13,16H,4-5,14-15H2,1-3H3. The Morgan fingerprint density at radius 1 is 0.909 bits per heavy atom. The van der Waals surface area contributed by atoms with Gasteiger partial charge >= 0.3 is 0 Å². The summed E-state index contributed by atoms with van der Waals surface area (Å²) in [5, 5.41) is 0. The van der Waals surface area contributed by atoms with Crippen molar-refractivity contribution in [2.45, 2.75) is 39.7 Å². The predicted molar refractivity (Wildman–Crippen MR) is 91.5 cm³/mol. The zero-order chi connectivity index (χ0) is 15.8. The minimum Gasteiger partial charge on any atom is -0.496 e. The number of rotatable bonds is 8. The smallest absolute Gasteiger partial charge is 0.125 e. The quantitative estimate of drug-likeness (QED) is 0.662. The average molecular weight is 298 g/mol. The fourth-order valence-corrected chi connectivity index (χ4v) is 2.62. The third-order valence-electron chi connectivity index (χ3n) is 4.19. The van der Waals surface area contributed by atoms with E-state index in [-0.39, 0.29) is 0 Å². The maximum Gasteiger partial charge on any atom is 0.125 e. The molecule has 0 aliphatic rings. The van der Waals surface area contributed by atoms with Crippen molar-refractivity contribution in [1.82, 2.24) is 0 Å². The topological polar surface area (TPSA) is 18.5 Å². The lowest BCUT2D eigenvalue weighted by Crippen LogP contribution is -2.02. The molecule has 0 fully saturated rings. The van der Waals surface area contributed by atoms with E-state index in [2.05, 4.69) is 38.1 Å². The average Bonchev–Trinajstić information content (AvgIpc) is 2.59. The number of para-hydroxylation sites is 1. The lowest BCUT2D eigenvalue weighted by molar-refractivity contribution is 0.296. The van der Waals surface area contributed by atoms with Gasteiger partial charge in [-0.25, -0.2) is 0 Å². The molecule has 0 aliphatic carbocycles. The highest BCUT2D eigenvalue weighted by atomic mass is 16.5. The molecule has 0 saturated carbocycles. The molecule has 22 heavy (non-hydrogen) atoms. The van der Waals surface area contributed by atoms with Crippen LogP contribution in [-0.4, -0.2) is 7.11 Å². The summed E-state index contributed by atoms with van der Waals surface area (Å²) >= 11 is 0. The zero-order valence-corrected chi connectivity index (χ0v) is 13.8. The van der Waals surface area contributed by atoms with Crippen LogP contribution in [0.25, 0.3) is 0 Å². The first kappa shape index (κ1) is 16.4. The highest BCUT2D eigenvalue weighted by Gasteiger charge is 2.06. The summed E-state index contributed by atoms with van der Waals surface area (Å²) in [6.45, 7) is 5.05. The van der Waals surface area contributed by atoms with Crippen LogP contribution in [0.3, 0.4) is 0 Å². The Morgan fingerprint density at radius 2 is 1.59 bits per heavy atom. The van der Waals surface area contributed by atoms with Crippen molar-refractivity contribution in [2.24, 2.45) is 5.92 Å². The minimum atomic E-state index is 0.524. The molecule has 0 unspecified atom stereocenters. The first-order chi connectivity index (χ1) is 10.8. The van der Waals surface area contributed by atoms with Crippen molar-refractivity contribution in [3.05, 3.63) is 59.7 Å². The maximum absolute atomic E-state index is 5.87. The lowest BCUT2D eigenvalue weighted by Gasteiger charge is -2.13. The van der Waals surface area contributed by atoms with Crippen molar-refractivity contribution >= 4 is 0 Å². The van der Waals surface area contributed by atoms with Crippen LogP contribution in [0.2, 0.25) is 0 Å². The number of hydrogen-bond donors (Lipinski definition) is 0. The van der Waals surface area contributed by atoms with Crippen molar-refractivity contribution in [2.75, 3.05) is 7.11 Å². The van der Waals surface area contributed by atoms with Gasteiger partial charge in [-0.15, -0.1) is 0 Å². The second-order valence-electron chi connectivity index (χ2n) is 5.63. The summed E-state index contributed by atoms with van der Waals surface area (Å²) < 4.78 is 11.2. The van der Waals surface area contributed by atoms with Crippen molar-refractivity contribution < 1.29 is 9.47 Å². The van der Waals surface area contributed by atoms with E-state index < -0.39 is 0 Å². The van der Waals surface area contributed by atoms with Gasteiger partial charge in [0.25, 0.3) is 0 Å². The monoisotopic (exact) mass is 298 g/mol. The Labute approximate surface area is 134 Å². The third-order valence-corrected chi connectivity index (χ3v) is 4.19. The van der Waals surface area contributed by atoms with E-state index in [9.17, 15) is 0 Å². The second kappa shape index (κ2) is 8.47. The van der Waals surface area contributed by atoms with Gasteiger partial charge in [-0.1, -0.05) is 57.0 Å². The second-order valence-corrected chi connectivity index (χ2v) is 5.63. The van der Waals surface area contributed by atoms with Crippen LogP contribution < -0.4 is 9.47 Å². The largest absolute Gasteiger partial charge is 0.496 e. The summed E-state index contributed by atoms with van der Waals surface area (Å²) in [6, 6.07) is 16.4. The van der Waals surface area contributed by atoms with Gasteiger partial charge in [-0.3, -0.25) is 0 Å². The van der Waals surface area contributed by atoms with Gasteiger partial charge < -0.3 is 9.47 Å². The molecule has 0 saturated heterocycles. The summed E-state index contributed by atoms with van der Waals surface area (Å²) in [7, 11) is 1.69. The molecule has 2 heteroatoms.